The first-order valence-corrected chi connectivity index (χ1v) is 7.26. The summed E-state index contributed by atoms with van der Waals surface area (Å²) >= 11 is 5.06. The van der Waals surface area contributed by atoms with E-state index in [4.69, 9.17) is 12.2 Å². The second kappa shape index (κ2) is 7.04. The number of nitrogens with one attached hydrogen (secondary N) is 2. The summed E-state index contributed by atoms with van der Waals surface area (Å²) in [6, 6.07) is 13.2. The Labute approximate surface area is 129 Å². The number of aliphatic carboxylic acids is 1. The first-order valence-electron chi connectivity index (χ1n) is 6.85. The zero-order valence-corrected chi connectivity index (χ0v) is 12.6. The van der Waals surface area contributed by atoms with Crippen LogP contribution in [0.4, 0.5) is 0 Å². The molecular formula is C16H18N2O2S. The highest BCUT2D eigenvalue weighted by Gasteiger charge is 2.18. The molecule has 0 aromatic heterocycles. The summed E-state index contributed by atoms with van der Waals surface area (Å²) in [5.74, 6) is -0.914. The van der Waals surface area contributed by atoms with E-state index in [9.17, 15) is 9.90 Å². The van der Waals surface area contributed by atoms with Gasteiger partial charge in [-0.1, -0.05) is 42.5 Å². The normalized spacial score (nSPS) is 11.9. The van der Waals surface area contributed by atoms with Crippen molar-refractivity contribution in [3.8, 4) is 0 Å². The molecule has 0 fully saturated rings. The van der Waals surface area contributed by atoms with Gasteiger partial charge in [-0.15, -0.1) is 0 Å². The quantitative estimate of drug-likeness (QED) is 0.740. The molecule has 4 nitrogen and oxygen atoms in total. The highest BCUT2D eigenvalue weighted by molar-refractivity contribution is 7.80. The molecule has 0 amide bonds. The van der Waals surface area contributed by atoms with Crippen LogP contribution in [0.3, 0.4) is 0 Å². The Morgan fingerprint density at radius 2 is 1.95 bits per heavy atom. The molecule has 2 aromatic carbocycles. The Bertz CT molecular complexity index is 658. The van der Waals surface area contributed by atoms with Crippen LogP contribution in [-0.2, 0) is 11.2 Å². The van der Waals surface area contributed by atoms with Crippen LogP contribution in [0, 0.1) is 0 Å². The largest absolute Gasteiger partial charge is 0.480 e. The average Bonchev–Trinajstić information content (AvgIpc) is 2.46. The number of hydrogen-bond donors (Lipinski definition) is 3. The number of fused-ring (bicyclic) bond motifs is 1. The van der Waals surface area contributed by atoms with Crippen LogP contribution in [0.25, 0.3) is 10.8 Å². The topological polar surface area (TPSA) is 61.4 Å². The van der Waals surface area contributed by atoms with E-state index in [1.165, 1.54) is 0 Å². The minimum atomic E-state index is -0.914. The van der Waals surface area contributed by atoms with E-state index in [1.807, 2.05) is 49.4 Å². The van der Waals surface area contributed by atoms with E-state index in [1.54, 1.807) is 0 Å². The lowest BCUT2D eigenvalue weighted by atomic mass is 10.0. The van der Waals surface area contributed by atoms with E-state index in [-0.39, 0.29) is 0 Å². The summed E-state index contributed by atoms with van der Waals surface area (Å²) in [7, 11) is 0. The van der Waals surface area contributed by atoms with E-state index in [0.29, 0.717) is 18.1 Å². The second-order valence-electron chi connectivity index (χ2n) is 4.78. The van der Waals surface area contributed by atoms with Crippen LogP contribution in [0.1, 0.15) is 12.5 Å². The molecule has 0 spiro atoms. The minimum absolute atomic E-state index is 0.366. The van der Waals surface area contributed by atoms with Gasteiger partial charge in [0.05, 0.1) is 0 Å². The van der Waals surface area contributed by atoms with Crippen molar-refractivity contribution in [2.45, 2.75) is 19.4 Å². The predicted octanol–water partition coefficient (Wildman–Crippen LogP) is 2.32. The number of benzene rings is 2. The Kier molecular flexibility index (Phi) is 5.11. The van der Waals surface area contributed by atoms with E-state index in [2.05, 4.69) is 10.6 Å². The fourth-order valence-electron chi connectivity index (χ4n) is 2.17. The second-order valence-corrected chi connectivity index (χ2v) is 5.19. The van der Waals surface area contributed by atoms with Gasteiger partial charge < -0.3 is 15.7 Å². The van der Waals surface area contributed by atoms with Crippen LogP contribution in [-0.4, -0.2) is 28.8 Å². The molecule has 5 heteroatoms. The lowest BCUT2D eigenvalue weighted by Gasteiger charge is -2.17. The molecule has 3 N–H and O–H groups in total. The van der Waals surface area contributed by atoms with Gasteiger partial charge in [-0.25, -0.2) is 4.79 Å². The maximum Gasteiger partial charge on any atom is 0.326 e. The maximum absolute atomic E-state index is 11.4. The SMILES string of the molecule is CCNC(=S)NC(Cc1ccc2ccccc2c1)C(=O)O. The van der Waals surface area contributed by atoms with E-state index in [0.717, 1.165) is 16.3 Å². The van der Waals surface area contributed by atoms with E-state index >= 15 is 0 Å². The average molecular weight is 302 g/mol. The molecule has 0 aliphatic heterocycles. The summed E-state index contributed by atoms with van der Waals surface area (Å²) < 4.78 is 0. The van der Waals surface area contributed by atoms with Crippen LogP contribution >= 0.6 is 12.2 Å². The molecule has 2 aromatic rings. The monoisotopic (exact) mass is 302 g/mol. The minimum Gasteiger partial charge on any atom is -0.480 e. The Hall–Kier alpha value is -2.14. The van der Waals surface area contributed by atoms with Gasteiger partial charge in [0.1, 0.15) is 6.04 Å². The van der Waals surface area contributed by atoms with Gasteiger partial charge >= 0.3 is 5.97 Å². The number of hydrogen-bond acceptors (Lipinski definition) is 2. The number of carboxylic acid groups (broad SMARTS) is 1. The van der Waals surface area contributed by atoms with Gasteiger partial charge in [-0.05, 0) is 35.5 Å². The molecule has 1 unspecified atom stereocenters. The summed E-state index contributed by atoms with van der Waals surface area (Å²) in [6.45, 7) is 2.57. The van der Waals surface area contributed by atoms with Gasteiger partial charge in [0.25, 0.3) is 0 Å². The molecule has 0 saturated carbocycles. The zero-order valence-electron chi connectivity index (χ0n) is 11.8. The third-order valence-electron chi connectivity index (χ3n) is 3.19. The van der Waals surface area contributed by atoms with Gasteiger partial charge in [0.15, 0.2) is 5.11 Å². The van der Waals surface area contributed by atoms with Crippen molar-refractivity contribution in [3.05, 3.63) is 48.0 Å². The van der Waals surface area contributed by atoms with Crippen molar-refractivity contribution in [2.24, 2.45) is 0 Å². The van der Waals surface area contributed by atoms with Crippen LogP contribution in [0.5, 0.6) is 0 Å². The maximum atomic E-state index is 11.4. The van der Waals surface area contributed by atoms with Crippen molar-refractivity contribution in [2.75, 3.05) is 6.54 Å². The highest BCUT2D eigenvalue weighted by Crippen LogP contribution is 2.16. The van der Waals surface area contributed by atoms with Gasteiger partial charge in [-0.2, -0.15) is 0 Å². The molecule has 0 heterocycles. The fraction of sp³-hybridized carbons (Fsp3) is 0.250. The number of rotatable bonds is 5. The number of thiocarbonyl (C=S) groups is 1. The molecule has 0 aliphatic carbocycles. The summed E-state index contributed by atoms with van der Waals surface area (Å²) in [6.07, 6.45) is 0.381. The molecule has 0 radical (unpaired) electrons. The van der Waals surface area contributed by atoms with Crippen molar-refractivity contribution in [1.29, 1.82) is 0 Å². The third-order valence-corrected chi connectivity index (χ3v) is 3.46. The third kappa shape index (κ3) is 4.16. The van der Waals surface area contributed by atoms with Gasteiger partial charge in [-0.3, -0.25) is 0 Å². The smallest absolute Gasteiger partial charge is 0.326 e. The Morgan fingerprint density at radius 3 is 2.62 bits per heavy atom. The molecule has 2 rings (SSSR count). The predicted molar refractivity (Wildman–Crippen MR) is 88.5 cm³/mol. The van der Waals surface area contributed by atoms with Crippen molar-refractivity contribution >= 4 is 34.1 Å². The van der Waals surface area contributed by atoms with Crippen molar-refractivity contribution in [3.63, 3.8) is 0 Å². The molecule has 110 valence electrons. The lowest BCUT2D eigenvalue weighted by molar-refractivity contribution is -0.139. The van der Waals surface area contributed by atoms with Crippen LogP contribution in [0.15, 0.2) is 42.5 Å². The molecule has 1 atom stereocenters. The summed E-state index contributed by atoms with van der Waals surface area (Å²) in [5.41, 5.74) is 0.966. The zero-order chi connectivity index (χ0) is 15.2. The number of carbonyl (C=O) groups is 1. The molecule has 0 bridgehead atoms. The summed E-state index contributed by atoms with van der Waals surface area (Å²) in [5, 5.41) is 17.7. The fourth-order valence-corrected chi connectivity index (χ4v) is 2.46. The van der Waals surface area contributed by atoms with Gasteiger partial charge in [0, 0.05) is 13.0 Å². The standard InChI is InChI=1S/C16H18N2O2S/c1-2-17-16(21)18-14(15(19)20)10-11-7-8-12-5-3-4-6-13(12)9-11/h3-9,14H,2,10H2,1H3,(H,19,20)(H2,17,18,21). The highest BCUT2D eigenvalue weighted by atomic mass is 32.1. The van der Waals surface area contributed by atoms with E-state index < -0.39 is 12.0 Å². The number of carboxylic acids is 1. The molecular weight excluding hydrogens is 284 g/mol. The molecule has 0 aliphatic rings. The van der Waals surface area contributed by atoms with Crippen molar-refractivity contribution in [1.82, 2.24) is 10.6 Å². The Morgan fingerprint density at radius 1 is 1.24 bits per heavy atom. The summed E-state index contributed by atoms with van der Waals surface area (Å²) in [4.78, 5) is 11.4. The van der Waals surface area contributed by atoms with Gasteiger partial charge in [0.2, 0.25) is 0 Å². The first-order chi connectivity index (χ1) is 10.1. The van der Waals surface area contributed by atoms with Crippen LogP contribution in [0.2, 0.25) is 0 Å². The first kappa shape index (κ1) is 15.3. The molecule has 21 heavy (non-hydrogen) atoms. The van der Waals surface area contributed by atoms with Crippen LogP contribution < -0.4 is 10.6 Å². The Balaban J connectivity index is 2.14. The lowest BCUT2D eigenvalue weighted by Crippen LogP contribution is -2.46. The molecule has 0 saturated heterocycles. The van der Waals surface area contributed by atoms with Crippen molar-refractivity contribution < 1.29 is 9.90 Å².